The molecule has 1 fully saturated rings. The summed E-state index contributed by atoms with van der Waals surface area (Å²) in [4.78, 5) is 26.4. The van der Waals surface area contributed by atoms with Crippen molar-refractivity contribution in [1.29, 1.82) is 0 Å². The second-order valence-electron chi connectivity index (χ2n) is 7.93. The molecule has 1 aliphatic heterocycles. The molecular formula is C22H26F3N3O2. The summed E-state index contributed by atoms with van der Waals surface area (Å²) >= 11 is 0. The maximum Gasteiger partial charge on any atom is 0.421 e. The molecule has 0 saturated carbocycles. The Labute approximate surface area is 173 Å². The lowest BCUT2D eigenvalue weighted by atomic mass is 9.99. The van der Waals surface area contributed by atoms with E-state index in [4.69, 9.17) is 0 Å². The lowest BCUT2D eigenvalue weighted by Gasteiger charge is -2.30. The Hall–Kier alpha value is -2.61. The summed E-state index contributed by atoms with van der Waals surface area (Å²) in [5.41, 5.74) is -0.418. The number of hydrogen-bond acceptors (Lipinski definition) is 3. The van der Waals surface area contributed by atoms with Gasteiger partial charge in [0.15, 0.2) is 0 Å². The number of nitrogens with zero attached hydrogens (tertiary/aromatic N) is 2. The molecule has 0 aliphatic carbocycles. The highest BCUT2D eigenvalue weighted by Gasteiger charge is 2.34. The second kappa shape index (κ2) is 9.47. The fourth-order valence-corrected chi connectivity index (χ4v) is 3.74. The lowest BCUT2D eigenvalue weighted by molar-refractivity contribution is -0.139. The molecule has 0 spiro atoms. The summed E-state index contributed by atoms with van der Waals surface area (Å²) in [6.45, 7) is 5.16. The average molecular weight is 421 g/mol. The largest absolute Gasteiger partial charge is 0.421 e. The van der Waals surface area contributed by atoms with Gasteiger partial charge in [0.25, 0.3) is 5.56 Å². The van der Waals surface area contributed by atoms with Crippen LogP contribution in [-0.2, 0) is 30.6 Å². The number of piperidine rings is 1. The van der Waals surface area contributed by atoms with E-state index in [0.29, 0.717) is 6.07 Å². The molecule has 30 heavy (non-hydrogen) atoms. The van der Waals surface area contributed by atoms with Crippen LogP contribution in [0.4, 0.5) is 13.2 Å². The van der Waals surface area contributed by atoms with Crippen LogP contribution in [0, 0.1) is 5.92 Å². The van der Waals surface area contributed by atoms with Gasteiger partial charge in [-0.2, -0.15) is 13.2 Å². The van der Waals surface area contributed by atoms with E-state index in [1.165, 1.54) is 24.6 Å². The van der Waals surface area contributed by atoms with Crippen molar-refractivity contribution in [1.82, 2.24) is 14.8 Å². The molecular weight excluding hydrogens is 395 g/mol. The number of nitrogens with one attached hydrogen (secondary N) is 1. The van der Waals surface area contributed by atoms with Crippen molar-refractivity contribution in [2.24, 2.45) is 5.92 Å². The molecule has 2 heterocycles. The number of halogens is 3. The Morgan fingerprint density at radius 3 is 2.53 bits per heavy atom. The number of alkyl halides is 3. The standard InChI is InChI=1S/C22H26F3N3O2/c1-16-4-2-10-27(13-16)14-18-8-6-17(7-9-18)12-26-20(29)15-28-11-3-5-19(21(28)30)22(23,24)25/h3,5-9,11,16H,2,4,10,12-15H2,1H3,(H,26,29)/t16-/m0/s1. The SMILES string of the molecule is C[C@H]1CCCN(Cc2ccc(CNC(=O)Cn3cccc(C(F)(F)F)c3=O)cc2)C1. The Bertz CT molecular complexity index is 922. The molecule has 5 nitrogen and oxygen atoms in total. The number of benzene rings is 1. The molecule has 1 amide bonds. The fourth-order valence-electron chi connectivity index (χ4n) is 3.74. The van der Waals surface area contributed by atoms with Crippen LogP contribution in [0.1, 0.15) is 36.5 Å². The number of likely N-dealkylation sites (tertiary alicyclic amines) is 1. The number of aromatic nitrogens is 1. The Morgan fingerprint density at radius 2 is 1.87 bits per heavy atom. The summed E-state index contributed by atoms with van der Waals surface area (Å²) in [5, 5.41) is 2.65. The molecule has 0 radical (unpaired) electrons. The van der Waals surface area contributed by atoms with Crippen LogP contribution >= 0.6 is 0 Å². The fraction of sp³-hybridized carbons (Fsp3) is 0.455. The number of carbonyl (C=O) groups is 1. The van der Waals surface area contributed by atoms with Gasteiger partial charge in [-0.1, -0.05) is 31.2 Å². The van der Waals surface area contributed by atoms with E-state index in [9.17, 15) is 22.8 Å². The Morgan fingerprint density at radius 1 is 1.17 bits per heavy atom. The predicted octanol–water partition coefficient (Wildman–Crippen LogP) is 3.42. The van der Waals surface area contributed by atoms with E-state index >= 15 is 0 Å². The lowest BCUT2D eigenvalue weighted by Crippen LogP contribution is -2.34. The monoisotopic (exact) mass is 421 g/mol. The van der Waals surface area contributed by atoms with E-state index in [1.807, 2.05) is 24.3 Å². The molecule has 8 heteroatoms. The first kappa shape index (κ1) is 22.1. The summed E-state index contributed by atoms with van der Waals surface area (Å²) < 4.78 is 39.2. The topological polar surface area (TPSA) is 54.3 Å². The first-order valence-corrected chi connectivity index (χ1v) is 10.1. The maximum atomic E-state index is 12.8. The summed E-state index contributed by atoms with van der Waals surface area (Å²) in [7, 11) is 0. The van der Waals surface area contributed by atoms with Crippen LogP contribution in [0.15, 0.2) is 47.4 Å². The van der Waals surface area contributed by atoms with Gasteiger partial charge in [-0.15, -0.1) is 0 Å². The van der Waals surface area contributed by atoms with Crippen molar-refractivity contribution < 1.29 is 18.0 Å². The van der Waals surface area contributed by atoms with Gasteiger partial charge in [-0.25, -0.2) is 0 Å². The molecule has 162 valence electrons. The summed E-state index contributed by atoms with van der Waals surface area (Å²) in [6.07, 6.45) is -1.07. The molecule has 1 saturated heterocycles. The zero-order valence-corrected chi connectivity index (χ0v) is 16.9. The number of carbonyl (C=O) groups excluding carboxylic acids is 1. The zero-order valence-electron chi connectivity index (χ0n) is 16.9. The van der Waals surface area contributed by atoms with E-state index in [2.05, 4.69) is 17.1 Å². The van der Waals surface area contributed by atoms with E-state index in [1.54, 1.807) is 0 Å². The van der Waals surface area contributed by atoms with Crippen LogP contribution < -0.4 is 10.9 Å². The summed E-state index contributed by atoms with van der Waals surface area (Å²) in [6, 6.07) is 9.73. The quantitative estimate of drug-likeness (QED) is 0.778. The van der Waals surface area contributed by atoms with Gasteiger partial charge in [-0.3, -0.25) is 14.5 Å². The number of amides is 1. The molecule has 0 unspecified atom stereocenters. The molecule has 3 rings (SSSR count). The third-order valence-electron chi connectivity index (χ3n) is 5.30. The molecule has 1 atom stereocenters. The average Bonchev–Trinajstić information content (AvgIpc) is 2.68. The number of pyridine rings is 1. The molecule has 1 aromatic heterocycles. The normalized spacial score (nSPS) is 17.7. The predicted molar refractivity (Wildman–Crippen MR) is 108 cm³/mol. The molecule has 2 aromatic rings. The van der Waals surface area contributed by atoms with Crippen LogP contribution in [-0.4, -0.2) is 28.5 Å². The van der Waals surface area contributed by atoms with Gasteiger partial charge in [0.2, 0.25) is 5.91 Å². The van der Waals surface area contributed by atoms with Gasteiger partial charge in [0, 0.05) is 25.8 Å². The first-order chi connectivity index (χ1) is 14.2. The third kappa shape index (κ3) is 5.95. The first-order valence-electron chi connectivity index (χ1n) is 10.1. The van der Waals surface area contributed by atoms with Gasteiger partial charge < -0.3 is 9.88 Å². The Balaban J connectivity index is 1.52. The number of rotatable bonds is 6. The van der Waals surface area contributed by atoms with Crippen molar-refractivity contribution in [3.8, 4) is 0 Å². The van der Waals surface area contributed by atoms with Crippen molar-refractivity contribution in [2.75, 3.05) is 13.1 Å². The van der Waals surface area contributed by atoms with Gasteiger partial charge in [-0.05, 0) is 48.6 Å². The van der Waals surface area contributed by atoms with Crippen LogP contribution in [0.25, 0.3) is 0 Å². The van der Waals surface area contributed by atoms with Crippen LogP contribution in [0.5, 0.6) is 0 Å². The summed E-state index contributed by atoms with van der Waals surface area (Å²) in [5.74, 6) is 0.195. The second-order valence-corrected chi connectivity index (χ2v) is 7.93. The highest BCUT2D eigenvalue weighted by atomic mass is 19.4. The number of hydrogen-bond donors (Lipinski definition) is 1. The maximum absolute atomic E-state index is 12.8. The minimum absolute atomic E-state index is 0.244. The van der Waals surface area contributed by atoms with E-state index < -0.39 is 29.8 Å². The van der Waals surface area contributed by atoms with Crippen molar-refractivity contribution in [2.45, 2.75) is 45.6 Å². The third-order valence-corrected chi connectivity index (χ3v) is 5.30. The smallest absolute Gasteiger partial charge is 0.350 e. The minimum Gasteiger partial charge on any atom is -0.350 e. The molecule has 0 bridgehead atoms. The van der Waals surface area contributed by atoms with Crippen molar-refractivity contribution in [3.63, 3.8) is 0 Å². The van der Waals surface area contributed by atoms with Gasteiger partial charge in [0.1, 0.15) is 12.1 Å². The highest BCUT2D eigenvalue weighted by molar-refractivity contribution is 5.75. The minimum atomic E-state index is -4.75. The van der Waals surface area contributed by atoms with Crippen molar-refractivity contribution in [3.05, 3.63) is 69.6 Å². The van der Waals surface area contributed by atoms with Crippen LogP contribution in [0.3, 0.4) is 0 Å². The van der Waals surface area contributed by atoms with E-state index in [-0.39, 0.29) is 6.54 Å². The zero-order chi connectivity index (χ0) is 21.7. The Kier molecular flexibility index (Phi) is 6.97. The van der Waals surface area contributed by atoms with E-state index in [0.717, 1.165) is 41.7 Å². The van der Waals surface area contributed by atoms with Crippen LogP contribution in [0.2, 0.25) is 0 Å². The van der Waals surface area contributed by atoms with Crippen molar-refractivity contribution >= 4 is 5.91 Å². The molecule has 1 aromatic carbocycles. The highest BCUT2D eigenvalue weighted by Crippen LogP contribution is 2.26. The van der Waals surface area contributed by atoms with Gasteiger partial charge in [0.05, 0.1) is 0 Å². The molecule has 1 aliphatic rings. The molecule has 1 N–H and O–H groups in total. The van der Waals surface area contributed by atoms with Gasteiger partial charge >= 0.3 is 6.18 Å².